The van der Waals surface area contributed by atoms with Gasteiger partial charge >= 0.3 is 5.97 Å². The van der Waals surface area contributed by atoms with Crippen LogP contribution in [0.3, 0.4) is 0 Å². The molecule has 0 aliphatic heterocycles. The Morgan fingerprint density at radius 3 is 2.61 bits per heavy atom. The van der Waals surface area contributed by atoms with Gasteiger partial charge in [-0.1, -0.05) is 12.8 Å². The summed E-state index contributed by atoms with van der Waals surface area (Å²) < 4.78 is 17.9. The number of nitro benzene ring substituents is 1. The molecule has 1 amide bonds. The van der Waals surface area contributed by atoms with E-state index in [0.29, 0.717) is 6.07 Å². The van der Waals surface area contributed by atoms with Gasteiger partial charge in [-0.05, 0) is 30.9 Å². The number of carbonyl (C=O) groups excluding carboxylic acids is 2. The molecule has 1 aliphatic carbocycles. The summed E-state index contributed by atoms with van der Waals surface area (Å²) in [6.45, 7) is 0. The van der Waals surface area contributed by atoms with Crippen LogP contribution >= 0.6 is 0 Å². The second-order valence-corrected chi connectivity index (χ2v) is 5.44. The number of nitro groups is 1. The Kier molecular flexibility index (Phi) is 5.25. The van der Waals surface area contributed by atoms with Crippen LogP contribution in [0.4, 0.5) is 10.1 Å². The van der Waals surface area contributed by atoms with Gasteiger partial charge in [0.1, 0.15) is 17.4 Å². The highest BCUT2D eigenvalue weighted by molar-refractivity contribution is 6.00. The molecule has 124 valence electrons. The van der Waals surface area contributed by atoms with Gasteiger partial charge in [-0.25, -0.2) is 9.18 Å². The number of amides is 1. The maximum absolute atomic E-state index is 13.2. The normalized spacial score (nSPS) is 15.9. The van der Waals surface area contributed by atoms with E-state index >= 15 is 0 Å². The highest BCUT2D eigenvalue weighted by Crippen LogP contribution is 2.29. The van der Waals surface area contributed by atoms with E-state index in [9.17, 15) is 24.1 Å². The van der Waals surface area contributed by atoms with E-state index in [0.717, 1.165) is 37.8 Å². The largest absolute Gasteiger partial charge is 0.467 e. The molecule has 1 aromatic rings. The molecule has 8 heteroatoms. The highest BCUT2D eigenvalue weighted by atomic mass is 19.1. The van der Waals surface area contributed by atoms with E-state index in [1.807, 2.05) is 0 Å². The Balaban J connectivity index is 2.25. The van der Waals surface area contributed by atoms with Crippen LogP contribution in [-0.2, 0) is 9.53 Å². The molecule has 1 fully saturated rings. The van der Waals surface area contributed by atoms with Crippen molar-refractivity contribution in [3.05, 3.63) is 39.7 Å². The summed E-state index contributed by atoms with van der Waals surface area (Å²) in [7, 11) is 1.22. The van der Waals surface area contributed by atoms with Crippen molar-refractivity contribution in [3.63, 3.8) is 0 Å². The standard InChI is InChI=1S/C15H17FN2O5/c1-23-15(20)13(9-4-2-3-5-9)17-14(19)11-7-6-10(16)8-12(11)18(21)22/h6-9,13H,2-5H2,1H3,(H,17,19)/t13-/m0/s1. The first-order valence-corrected chi connectivity index (χ1v) is 7.26. The molecule has 0 saturated heterocycles. The minimum atomic E-state index is -0.861. The number of hydrogen-bond donors (Lipinski definition) is 1. The second-order valence-electron chi connectivity index (χ2n) is 5.44. The predicted molar refractivity (Wildman–Crippen MR) is 78.3 cm³/mol. The van der Waals surface area contributed by atoms with Crippen molar-refractivity contribution in [2.75, 3.05) is 7.11 Å². The van der Waals surface area contributed by atoms with Crippen LogP contribution in [0.5, 0.6) is 0 Å². The molecule has 1 saturated carbocycles. The van der Waals surface area contributed by atoms with Gasteiger partial charge in [-0.15, -0.1) is 0 Å². The summed E-state index contributed by atoms with van der Waals surface area (Å²) in [6.07, 6.45) is 3.44. The zero-order chi connectivity index (χ0) is 17.0. The molecular weight excluding hydrogens is 307 g/mol. The van der Waals surface area contributed by atoms with Gasteiger partial charge in [0.2, 0.25) is 0 Å². The Labute approximate surface area is 132 Å². The molecule has 1 aliphatic rings. The van der Waals surface area contributed by atoms with E-state index in [1.54, 1.807) is 0 Å². The van der Waals surface area contributed by atoms with E-state index in [-0.39, 0.29) is 11.5 Å². The van der Waals surface area contributed by atoms with Crippen LogP contribution < -0.4 is 5.32 Å². The van der Waals surface area contributed by atoms with Crippen LogP contribution in [0, 0.1) is 21.8 Å². The molecule has 0 spiro atoms. The van der Waals surface area contributed by atoms with Gasteiger partial charge < -0.3 is 10.1 Å². The number of carbonyl (C=O) groups is 2. The lowest BCUT2D eigenvalue weighted by atomic mass is 9.97. The zero-order valence-electron chi connectivity index (χ0n) is 12.6. The zero-order valence-corrected chi connectivity index (χ0v) is 12.6. The average Bonchev–Trinajstić information content (AvgIpc) is 3.05. The third kappa shape index (κ3) is 3.82. The third-order valence-corrected chi connectivity index (χ3v) is 4.01. The number of ether oxygens (including phenoxy) is 1. The first kappa shape index (κ1) is 16.9. The molecule has 1 aromatic carbocycles. The number of benzene rings is 1. The summed E-state index contributed by atoms with van der Waals surface area (Å²) >= 11 is 0. The van der Waals surface area contributed by atoms with Crippen molar-refractivity contribution < 1.29 is 23.6 Å². The number of halogens is 1. The Morgan fingerprint density at radius 1 is 1.39 bits per heavy atom. The number of esters is 1. The van der Waals surface area contributed by atoms with Gasteiger partial charge in [0, 0.05) is 0 Å². The van der Waals surface area contributed by atoms with E-state index in [4.69, 9.17) is 4.74 Å². The lowest BCUT2D eigenvalue weighted by Gasteiger charge is -2.22. The lowest BCUT2D eigenvalue weighted by Crippen LogP contribution is -2.46. The van der Waals surface area contributed by atoms with Crippen molar-refractivity contribution in [2.24, 2.45) is 5.92 Å². The third-order valence-electron chi connectivity index (χ3n) is 4.01. The molecule has 1 N–H and O–H groups in total. The molecule has 1 atom stereocenters. The van der Waals surface area contributed by atoms with Crippen LogP contribution in [0.25, 0.3) is 0 Å². The molecular formula is C15H17FN2O5. The fourth-order valence-corrected chi connectivity index (χ4v) is 2.85. The number of rotatable bonds is 5. The maximum atomic E-state index is 13.2. The molecule has 0 unspecified atom stereocenters. The van der Waals surface area contributed by atoms with Crippen LogP contribution in [0.1, 0.15) is 36.0 Å². The van der Waals surface area contributed by atoms with Crippen molar-refractivity contribution in [1.29, 1.82) is 0 Å². The number of hydrogen-bond acceptors (Lipinski definition) is 5. The van der Waals surface area contributed by atoms with Gasteiger partial charge in [-0.2, -0.15) is 0 Å². The van der Waals surface area contributed by atoms with Gasteiger partial charge in [0.05, 0.1) is 18.1 Å². The Bertz CT molecular complexity index is 628. The van der Waals surface area contributed by atoms with Gasteiger partial charge in [0.25, 0.3) is 11.6 Å². The summed E-state index contributed by atoms with van der Waals surface area (Å²) in [4.78, 5) is 34.4. The van der Waals surface area contributed by atoms with Crippen molar-refractivity contribution in [3.8, 4) is 0 Å². The first-order valence-electron chi connectivity index (χ1n) is 7.26. The topological polar surface area (TPSA) is 98.5 Å². The van der Waals surface area contributed by atoms with E-state index in [1.165, 1.54) is 7.11 Å². The quantitative estimate of drug-likeness (QED) is 0.508. The fraction of sp³-hybridized carbons (Fsp3) is 0.467. The number of methoxy groups -OCH3 is 1. The predicted octanol–water partition coefficient (Wildman–Crippen LogP) is 2.20. The lowest BCUT2D eigenvalue weighted by molar-refractivity contribution is -0.385. The molecule has 0 radical (unpaired) electrons. The van der Waals surface area contributed by atoms with Crippen LogP contribution in [0.15, 0.2) is 18.2 Å². The SMILES string of the molecule is COC(=O)[C@@H](NC(=O)c1ccc(F)cc1[N+](=O)[O-])C1CCCC1. The minimum Gasteiger partial charge on any atom is -0.467 e. The van der Waals surface area contributed by atoms with Crippen LogP contribution in [0.2, 0.25) is 0 Å². The molecule has 0 bridgehead atoms. The first-order chi connectivity index (χ1) is 10.9. The minimum absolute atomic E-state index is 0.0640. The van der Waals surface area contributed by atoms with Gasteiger partial charge in [0.15, 0.2) is 0 Å². The van der Waals surface area contributed by atoms with Crippen molar-refractivity contribution >= 4 is 17.6 Å². The van der Waals surface area contributed by atoms with Crippen LogP contribution in [-0.4, -0.2) is 30.0 Å². The summed E-state index contributed by atoms with van der Waals surface area (Å²) in [6, 6.07) is 1.81. The molecule has 7 nitrogen and oxygen atoms in total. The smallest absolute Gasteiger partial charge is 0.328 e. The average molecular weight is 324 g/mol. The Hall–Kier alpha value is -2.51. The van der Waals surface area contributed by atoms with Gasteiger partial charge in [-0.3, -0.25) is 14.9 Å². The Morgan fingerprint density at radius 2 is 2.04 bits per heavy atom. The van der Waals surface area contributed by atoms with E-state index in [2.05, 4.69) is 5.32 Å². The maximum Gasteiger partial charge on any atom is 0.328 e. The molecule has 0 aromatic heterocycles. The molecule has 0 heterocycles. The molecule has 23 heavy (non-hydrogen) atoms. The second kappa shape index (κ2) is 7.17. The summed E-state index contributed by atoms with van der Waals surface area (Å²) in [5, 5.41) is 13.5. The van der Waals surface area contributed by atoms with Crippen molar-refractivity contribution in [2.45, 2.75) is 31.7 Å². The fourth-order valence-electron chi connectivity index (χ4n) is 2.85. The highest BCUT2D eigenvalue weighted by Gasteiger charge is 2.34. The summed E-state index contributed by atoms with van der Waals surface area (Å²) in [5.74, 6) is -2.26. The number of nitrogens with zero attached hydrogens (tertiary/aromatic N) is 1. The summed E-state index contributed by atoms with van der Waals surface area (Å²) in [5.41, 5.74) is -0.930. The van der Waals surface area contributed by atoms with Crippen molar-refractivity contribution in [1.82, 2.24) is 5.32 Å². The number of nitrogens with one attached hydrogen (secondary N) is 1. The van der Waals surface area contributed by atoms with E-state index < -0.39 is 34.3 Å². The molecule has 2 rings (SSSR count). The monoisotopic (exact) mass is 324 g/mol.